The molecule has 1 aliphatic heterocycles. The standard InChI is InChI=1S/C21H20N2O4/c1-26-20(24)18(13-16-9-5-3-6-10-16)22-15-23(22)19(21(25)27-2)14-17-11-7-4-8-12-17/h3-14H,15H2,1-2H3/b18-13-,19-14+. The van der Waals surface area contributed by atoms with Gasteiger partial charge in [0.05, 0.1) is 14.2 Å². The zero-order valence-electron chi connectivity index (χ0n) is 15.2. The van der Waals surface area contributed by atoms with Crippen LogP contribution in [0.2, 0.25) is 0 Å². The van der Waals surface area contributed by atoms with Gasteiger partial charge in [0.2, 0.25) is 0 Å². The lowest BCUT2D eigenvalue weighted by Gasteiger charge is -2.12. The van der Waals surface area contributed by atoms with Crippen molar-refractivity contribution in [2.75, 3.05) is 20.9 Å². The van der Waals surface area contributed by atoms with E-state index in [4.69, 9.17) is 9.47 Å². The Kier molecular flexibility index (Phi) is 5.56. The molecule has 6 nitrogen and oxygen atoms in total. The first-order chi connectivity index (χ1) is 13.1. The Morgan fingerprint density at radius 3 is 1.44 bits per heavy atom. The topological polar surface area (TPSA) is 58.6 Å². The molecule has 27 heavy (non-hydrogen) atoms. The predicted molar refractivity (Wildman–Crippen MR) is 101 cm³/mol. The van der Waals surface area contributed by atoms with Gasteiger partial charge < -0.3 is 9.47 Å². The van der Waals surface area contributed by atoms with Gasteiger partial charge in [-0.05, 0) is 23.3 Å². The highest BCUT2D eigenvalue weighted by molar-refractivity contribution is 5.95. The van der Waals surface area contributed by atoms with Crippen LogP contribution in [0, 0.1) is 0 Å². The third-order valence-corrected chi connectivity index (χ3v) is 4.03. The molecule has 6 heteroatoms. The fourth-order valence-corrected chi connectivity index (χ4v) is 2.61. The van der Waals surface area contributed by atoms with E-state index >= 15 is 0 Å². The van der Waals surface area contributed by atoms with Gasteiger partial charge in [-0.2, -0.15) is 0 Å². The summed E-state index contributed by atoms with van der Waals surface area (Å²) >= 11 is 0. The quantitative estimate of drug-likeness (QED) is 0.446. The van der Waals surface area contributed by atoms with E-state index < -0.39 is 11.9 Å². The van der Waals surface area contributed by atoms with Crippen molar-refractivity contribution < 1.29 is 19.1 Å². The largest absolute Gasteiger partial charge is 0.464 e. The molecule has 1 heterocycles. The maximum atomic E-state index is 12.3. The Labute approximate surface area is 157 Å². The van der Waals surface area contributed by atoms with Crippen molar-refractivity contribution in [3.05, 3.63) is 83.2 Å². The highest BCUT2D eigenvalue weighted by Crippen LogP contribution is 2.31. The van der Waals surface area contributed by atoms with Crippen molar-refractivity contribution in [2.24, 2.45) is 0 Å². The lowest BCUT2D eigenvalue weighted by atomic mass is 10.2. The van der Waals surface area contributed by atoms with Crippen molar-refractivity contribution >= 4 is 24.1 Å². The summed E-state index contributed by atoms with van der Waals surface area (Å²) in [7, 11) is 2.66. The molecule has 0 spiro atoms. The molecular formula is C21H20N2O4. The number of carbonyl (C=O) groups is 2. The van der Waals surface area contributed by atoms with Crippen LogP contribution >= 0.6 is 0 Å². The lowest BCUT2D eigenvalue weighted by molar-refractivity contribution is -0.139. The molecule has 3 rings (SSSR count). The summed E-state index contributed by atoms with van der Waals surface area (Å²) in [6.07, 6.45) is 3.45. The summed E-state index contributed by atoms with van der Waals surface area (Å²) < 4.78 is 9.82. The van der Waals surface area contributed by atoms with Crippen LogP contribution in [0.5, 0.6) is 0 Å². The van der Waals surface area contributed by atoms with Gasteiger partial charge in [-0.3, -0.25) is 10.0 Å². The number of methoxy groups -OCH3 is 2. The number of nitrogens with zero attached hydrogens (tertiary/aromatic N) is 2. The highest BCUT2D eigenvalue weighted by Gasteiger charge is 2.41. The van der Waals surface area contributed by atoms with Gasteiger partial charge >= 0.3 is 11.9 Å². The Bertz CT molecular complexity index is 802. The van der Waals surface area contributed by atoms with E-state index in [0.717, 1.165) is 11.1 Å². The molecule has 138 valence electrons. The second-order valence-electron chi connectivity index (χ2n) is 5.80. The average Bonchev–Trinajstić information content (AvgIpc) is 3.50. The third kappa shape index (κ3) is 4.36. The molecule has 1 aliphatic rings. The Hall–Kier alpha value is -3.54. The van der Waals surface area contributed by atoms with E-state index in [1.54, 1.807) is 22.2 Å². The Morgan fingerprint density at radius 1 is 0.741 bits per heavy atom. The molecule has 0 N–H and O–H groups in total. The van der Waals surface area contributed by atoms with E-state index in [-0.39, 0.29) is 0 Å². The first-order valence-electron chi connectivity index (χ1n) is 8.39. The van der Waals surface area contributed by atoms with Crippen LogP contribution < -0.4 is 0 Å². The zero-order valence-corrected chi connectivity index (χ0v) is 15.2. The fraction of sp³-hybridized carbons (Fsp3) is 0.143. The highest BCUT2D eigenvalue weighted by atomic mass is 16.5. The number of hydrazine groups is 1. The smallest absolute Gasteiger partial charge is 0.356 e. The van der Waals surface area contributed by atoms with Crippen LogP contribution in [-0.2, 0) is 19.1 Å². The molecule has 1 fully saturated rings. The van der Waals surface area contributed by atoms with E-state index in [9.17, 15) is 9.59 Å². The van der Waals surface area contributed by atoms with Crippen LogP contribution in [0.1, 0.15) is 11.1 Å². The van der Waals surface area contributed by atoms with Crippen molar-refractivity contribution in [1.82, 2.24) is 10.0 Å². The van der Waals surface area contributed by atoms with Crippen molar-refractivity contribution in [2.45, 2.75) is 0 Å². The number of esters is 2. The van der Waals surface area contributed by atoms with Crippen LogP contribution in [0.4, 0.5) is 0 Å². The van der Waals surface area contributed by atoms with Crippen LogP contribution in [0.3, 0.4) is 0 Å². The average molecular weight is 364 g/mol. The molecule has 1 saturated heterocycles. The Balaban J connectivity index is 1.91. The molecule has 0 bridgehead atoms. The summed E-state index contributed by atoms with van der Waals surface area (Å²) in [4.78, 5) is 24.5. The molecule has 2 aromatic carbocycles. The predicted octanol–water partition coefficient (Wildman–Crippen LogP) is 2.90. The second-order valence-corrected chi connectivity index (χ2v) is 5.80. The van der Waals surface area contributed by atoms with Gasteiger partial charge in [0.1, 0.15) is 18.1 Å². The van der Waals surface area contributed by atoms with Gasteiger partial charge in [0.15, 0.2) is 0 Å². The summed E-state index contributed by atoms with van der Waals surface area (Å²) in [5.41, 5.74) is 2.39. The van der Waals surface area contributed by atoms with E-state index in [1.807, 2.05) is 60.7 Å². The molecule has 0 aliphatic carbocycles. The van der Waals surface area contributed by atoms with Crippen LogP contribution in [-0.4, -0.2) is 42.8 Å². The molecule has 2 aromatic rings. The molecular weight excluding hydrogens is 344 g/mol. The summed E-state index contributed by atoms with van der Waals surface area (Å²) in [6.45, 7) is 0.377. The normalized spacial score (nSPS) is 14.0. The molecule has 0 atom stereocenters. The number of ether oxygens (including phenoxy) is 2. The van der Waals surface area contributed by atoms with Gasteiger partial charge in [-0.1, -0.05) is 60.7 Å². The van der Waals surface area contributed by atoms with Gasteiger partial charge in [0, 0.05) is 0 Å². The lowest BCUT2D eigenvalue weighted by Crippen LogP contribution is -2.20. The van der Waals surface area contributed by atoms with E-state index in [2.05, 4.69) is 0 Å². The first-order valence-corrected chi connectivity index (χ1v) is 8.39. The molecule has 0 saturated carbocycles. The zero-order chi connectivity index (χ0) is 19.2. The number of benzene rings is 2. The molecule has 0 unspecified atom stereocenters. The van der Waals surface area contributed by atoms with Crippen molar-refractivity contribution in [1.29, 1.82) is 0 Å². The second kappa shape index (κ2) is 8.23. The fourth-order valence-electron chi connectivity index (χ4n) is 2.61. The molecule has 0 aromatic heterocycles. The summed E-state index contributed by atoms with van der Waals surface area (Å²) in [5.74, 6) is -0.962. The monoisotopic (exact) mass is 364 g/mol. The summed E-state index contributed by atoms with van der Waals surface area (Å²) in [5, 5.41) is 3.34. The third-order valence-electron chi connectivity index (χ3n) is 4.03. The van der Waals surface area contributed by atoms with Crippen molar-refractivity contribution in [3.8, 4) is 0 Å². The van der Waals surface area contributed by atoms with Gasteiger partial charge in [-0.25, -0.2) is 9.59 Å². The maximum Gasteiger partial charge on any atom is 0.356 e. The number of rotatable bonds is 6. The number of hydrogen-bond donors (Lipinski definition) is 0. The number of carbonyl (C=O) groups excluding carboxylic acids is 2. The minimum absolute atomic E-state index is 0.339. The minimum Gasteiger partial charge on any atom is -0.464 e. The minimum atomic E-state index is -0.481. The maximum absolute atomic E-state index is 12.3. The van der Waals surface area contributed by atoms with Crippen LogP contribution in [0.15, 0.2) is 72.1 Å². The first kappa shape index (κ1) is 18.3. The van der Waals surface area contributed by atoms with Gasteiger partial charge in [-0.15, -0.1) is 0 Å². The van der Waals surface area contributed by atoms with Gasteiger partial charge in [0.25, 0.3) is 0 Å². The van der Waals surface area contributed by atoms with Crippen LogP contribution in [0.25, 0.3) is 12.2 Å². The summed E-state index contributed by atoms with van der Waals surface area (Å²) in [6, 6.07) is 18.9. The molecule has 0 amide bonds. The SMILES string of the molecule is COC(=O)/C(=C/c1ccccc1)N1CN1/C(=C/c1ccccc1)C(=O)OC. The van der Waals surface area contributed by atoms with Crippen molar-refractivity contribution in [3.63, 3.8) is 0 Å². The van der Waals surface area contributed by atoms with E-state index in [1.165, 1.54) is 14.2 Å². The number of hydrogen-bond acceptors (Lipinski definition) is 6. The molecule has 0 radical (unpaired) electrons. The Morgan fingerprint density at radius 2 is 1.11 bits per heavy atom. The van der Waals surface area contributed by atoms with E-state index in [0.29, 0.717) is 18.1 Å².